The lowest BCUT2D eigenvalue weighted by Crippen LogP contribution is -1.96. The molecule has 5 heteroatoms. The molecule has 2 aromatic carbocycles. The van der Waals surface area contributed by atoms with Crippen molar-refractivity contribution in [1.82, 2.24) is 0 Å². The Morgan fingerprint density at radius 1 is 1.39 bits per heavy atom. The van der Waals surface area contributed by atoms with Crippen molar-refractivity contribution in [3.63, 3.8) is 0 Å². The number of aromatic hydroxyl groups is 1. The number of allylic oxidation sites excluding steroid dienone is 1. The molecule has 3 rings (SSSR count). The Balaban J connectivity index is 2.01. The van der Waals surface area contributed by atoms with Crippen LogP contribution in [-0.4, -0.2) is 17.5 Å². The first kappa shape index (κ1) is 16.1. The highest BCUT2D eigenvalue weighted by molar-refractivity contribution is 9.10. The molecule has 0 saturated heterocycles. The highest BCUT2D eigenvalue weighted by Crippen LogP contribution is 2.37. The van der Waals surface area contributed by atoms with Crippen molar-refractivity contribution in [3.05, 3.63) is 62.1 Å². The molecule has 0 aliphatic heterocycles. The number of halogens is 2. The van der Waals surface area contributed by atoms with E-state index in [-0.39, 0.29) is 11.5 Å². The fourth-order valence-corrected chi connectivity index (χ4v) is 3.36. The van der Waals surface area contributed by atoms with Crippen LogP contribution in [0.15, 0.2) is 40.4 Å². The summed E-state index contributed by atoms with van der Waals surface area (Å²) in [5, 5.41) is 10.6. The van der Waals surface area contributed by atoms with Crippen LogP contribution in [0.5, 0.6) is 11.5 Å². The number of phenols is 1. The number of phenolic OH excluding ortho intramolecular Hbond substituents is 1. The molecule has 0 aromatic heterocycles. The summed E-state index contributed by atoms with van der Waals surface area (Å²) in [5.41, 5.74) is 2.98. The Bertz CT molecular complexity index is 827. The number of fused-ring (bicyclic) bond motifs is 1. The number of benzene rings is 2. The number of hydrogen-bond donors (Lipinski definition) is 1. The Labute approximate surface area is 147 Å². The normalized spacial score (nSPS) is 15.1. The van der Waals surface area contributed by atoms with Crippen LogP contribution >= 0.6 is 27.5 Å². The van der Waals surface area contributed by atoms with E-state index < -0.39 is 0 Å². The summed E-state index contributed by atoms with van der Waals surface area (Å²) >= 11 is 9.48. The van der Waals surface area contributed by atoms with Crippen LogP contribution in [0.25, 0.3) is 6.08 Å². The highest BCUT2D eigenvalue weighted by atomic mass is 79.9. The molecule has 0 radical (unpaired) electrons. The van der Waals surface area contributed by atoms with Crippen LogP contribution in [-0.2, 0) is 6.42 Å². The second kappa shape index (κ2) is 6.38. The number of ketones is 1. The molecular weight excluding hydrogens is 380 g/mol. The average molecular weight is 394 g/mol. The van der Waals surface area contributed by atoms with Crippen molar-refractivity contribution < 1.29 is 14.6 Å². The van der Waals surface area contributed by atoms with Gasteiger partial charge < -0.3 is 9.84 Å². The van der Waals surface area contributed by atoms with Crippen LogP contribution < -0.4 is 4.74 Å². The molecule has 0 unspecified atom stereocenters. The van der Waals surface area contributed by atoms with Gasteiger partial charge in [0.25, 0.3) is 0 Å². The fraction of sp³-hybridized carbons (Fsp3) is 0.167. The predicted molar refractivity (Wildman–Crippen MR) is 94.4 cm³/mol. The SMILES string of the molecule is CCOc1cc(C=C2Cc3c(Cl)cccc3C2=O)cc(Br)c1O. The maximum Gasteiger partial charge on any atom is 0.189 e. The van der Waals surface area contributed by atoms with Gasteiger partial charge in [-0.3, -0.25) is 4.79 Å². The maximum absolute atomic E-state index is 12.5. The Morgan fingerprint density at radius 3 is 2.87 bits per heavy atom. The van der Waals surface area contributed by atoms with E-state index in [1.165, 1.54) is 0 Å². The van der Waals surface area contributed by atoms with Crippen molar-refractivity contribution >= 4 is 39.4 Å². The Morgan fingerprint density at radius 2 is 2.17 bits per heavy atom. The number of carbonyl (C=O) groups excluding carboxylic acids is 1. The van der Waals surface area contributed by atoms with E-state index in [1.54, 1.807) is 30.3 Å². The second-order valence-electron chi connectivity index (χ2n) is 5.22. The van der Waals surface area contributed by atoms with Crippen LogP contribution in [0, 0.1) is 0 Å². The van der Waals surface area contributed by atoms with Crippen molar-refractivity contribution in [2.75, 3.05) is 6.61 Å². The van der Waals surface area contributed by atoms with Crippen molar-refractivity contribution in [1.29, 1.82) is 0 Å². The van der Waals surface area contributed by atoms with E-state index in [9.17, 15) is 9.90 Å². The zero-order valence-corrected chi connectivity index (χ0v) is 14.7. The van der Waals surface area contributed by atoms with Crippen LogP contribution in [0.2, 0.25) is 5.02 Å². The van der Waals surface area contributed by atoms with Gasteiger partial charge in [0.15, 0.2) is 17.3 Å². The molecule has 1 aliphatic carbocycles. The van der Waals surface area contributed by atoms with E-state index in [2.05, 4.69) is 15.9 Å². The molecule has 3 nitrogen and oxygen atoms in total. The lowest BCUT2D eigenvalue weighted by atomic mass is 10.1. The summed E-state index contributed by atoms with van der Waals surface area (Å²) in [5.74, 6) is 0.428. The first-order valence-corrected chi connectivity index (χ1v) is 8.36. The predicted octanol–water partition coefficient (Wildman–Crippen LogP) is 5.03. The summed E-state index contributed by atoms with van der Waals surface area (Å²) in [6.45, 7) is 2.29. The van der Waals surface area contributed by atoms with Gasteiger partial charge in [0.2, 0.25) is 0 Å². The molecule has 0 saturated carbocycles. The van der Waals surface area contributed by atoms with Gasteiger partial charge in [-0.15, -0.1) is 0 Å². The van der Waals surface area contributed by atoms with Crippen molar-refractivity contribution in [2.45, 2.75) is 13.3 Å². The third kappa shape index (κ3) is 3.01. The molecule has 0 heterocycles. The molecule has 1 N–H and O–H groups in total. The number of hydrogen-bond acceptors (Lipinski definition) is 3. The lowest BCUT2D eigenvalue weighted by molar-refractivity contribution is 0.104. The molecule has 0 fully saturated rings. The van der Waals surface area contributed by atoms with Crippen molar-refractivity contribution in [2.24, 2.45) is 0 Å². The third-order valence-corrected chi connectivity index (χ3v) is 4.67. The topological polar surface area (TPSA) is 46.5 Å². The third-order valence-electron chi connectivity index (χ3n) is 3.71. The minimum atomic E-state index is -0.00958. The monoisotopic (exact) mass is 392 g/mol. The summed E-state index contributed by atoms with van der Waals surface area (Å²) < 4.78 is 5.94. The molecule has 0 spiro atoms. The minimum absolute atomic E-state index is 0.00958. The molecule has 1 aliphatic rings. The molecule has 0 atom stereocenters. The summed E-state index contributed by atoms with van der Waals surface area (Å²) in [6.07, 6.45) is 2.32. The molecule has 2 aromatic rings. The molecule has 118 valence electrons. The quantitative estimate of drug-likeness (QED) is 0.744. The van der Waals surface area contributed by atoms with Gasteiger partial charge in [-0.25, -0.2) is 0 Å². The van der Waals surface area contributed by atoms with E-state index in [4.69, 9.17) is 16.3 Å². The number of ether oxygens (including phenoxy) is 1. The zero-order valence-electron chi connectivity index (χ0n) is 12.4. The Hall–Kier alpha value is -1.78. The number of rotatable bonds is 3. The zero-order chi connectivity index (χ0) is 16.6. The second-order valence-corrected chi connectivity index (χ2v) is 6.49. The van der Waals surface area contributed by atoms with Gasteiger partial charge in [0.1, 0.15) is 0 Å². The van der Waals surface area contributed by atoms with Gasteiger partial charge >= 0.3 is 0 Å². The first-order chi connectivity index (χ1) is 11.0. The Kier molecular flexibility index (Phi) is 4.46. The summed E-state index contributed by atoms with van der Waals surface area (Å²) in [7, 11) is 0. The molecular formula is C18H14BrClO3. The van der Waals surface area contributed by atoms with Crippen LogP contribution in [0.3, 0.4) is 0 Å². The largest absolute Gasteiger partial charge is 0.503 e. The lowest BCUT2D eigenvalue weighted by Gasteiger charge is -2.09. The summed E-state index contributed by atoms with van der Waals surface area (Å²) in [6, 6.07) is 8.84. The van der Waals surface area contributed by atoms with Crippen LogP contribution in [0.4, 0.5) is 0 Å². The van der Waals surface area contributed by atoms with Crippen LogP contribution in [0.1, 0.15) is 28.4 Å². The van der Waals surface area contributed by atoms with E-state index in [0.717, 1.165) is 11.1 Å². The van der Waals surface area contributed by atoms with Gasteiger partial charge in [0, 0.05) is 22.6 Å². The standard InChI is InChI=1S/C18H14BrClO3/c1-2-23-16-8-10(7-14(19)18(16)22)6-11-9-13-12(17(11)21)4-3-5-15(13)20/h3-8,22H,2,9H2,1H3. The summed E-state index contributed by atoms with van der Waals surface area (Å²) in [4.78, 5) is 12.5. The van der Waals surface area contributed by atoms with E-state index in [0.29, 0.717) is 39.4 Å². The molecule has 0 amide bonds. The highest BCUT2D eigenvalue weighted by Gasteiger charge is 2.26. The maximum atomic E-state index is 12.5. The van der Waals surface area contributed by atoms with Gasteiger partial charge in [0.05, 0.1) is 11.1 Å². The smallest absolute Gasteiger partial charge is 0.189 e. The molecule has 0 bridgehead atoms. The molecule has 23 heavy (non-hydrogen) atoms. The minimum Gasteiger partial charge on any atom is -0.503 e. The van der Waals surface area contributed by atoms with E-state index >= 15 is 0 Å². The number of carbonyl (C=O) groups is 1. The van der Waals surface area contributed by atoms with Gasteiger partial charge in [-0.1, -0.05) is 23.7 Å². The fourth-order valence-electron chi connectivity index (χ4n) is 2.66. The first-order valence-electron chi connectivity index (χ1n) is 7.19. The van der Waals surface area contributed by atoms with Gasteiger partial charge in [-0.2, -0.15) is 0 Å². The van der Waals surface area contributed by atoms with Crippen molar-refractivity contribution in [3.8, 4) is 11.5 Å². The number of Topliss-reactive ketones (excluding diaryl/α,β-unsaturated/α-hetero) is 1. The van der Waals surface area contributed by atoms with E-state index in [1.807, 2.05) is 13.0 Å². The average Bonchev–Trinajstić information content (AvgIpc) is 2.83. The van der Waals surface area contributed by atoms with Gasteiger partial charge in [-0.05, 0) is 58.3 Å².